The van der Waals surface area contributed by atoms with Crippen molar-refractivity contribution in [1.29, 1.82) is 0 Å². The molecule has 0 aliphatic heterocycles. The van der Waals surface area contributed by atoms with Crippen LogP contribution in [0.4, 0.5) is 0 Å². The molecule has 18 heavy (non-hydrogen) atoms. The number of thiophene rings is 1. The van der Waals surface area contributed by atoms with Crippen molar-refractivity contribution in [3.05, 3.63) is 16.3 Å². The first-order valence-electron chi connectivity index (χ1n) is 6.18. The van der Waals surface area contributed by atoms with Crippen LogP contribution in [0.5, 0.6) is 0 Å². The molecule has 0 atom stereocenters. The van der Waals surface area contributed by atoms with Gasteiger partial charge in [-0.1, -0.05) is 13.8 Å². The third-order valence-corrected chi connectivity index (χ3v) is 5.18. The molecule has 0 aromatic carbocycles. The van der Waals surface area contributed by atoms with Crippen LogP contribution in [0, 0.1) is 5.92 Å². The first-order chi connectivity index (χ1) is 8.47. The Morgan fingerprint density at radius 2 is 2.11 bits per heavy atom. The van der Waals surface area contributed by atoms with Crippen molar-refractivity contribution in [2.24, 2.45) is 5.92 Å². The van der Waals surface area contributed by atoms with Crippen molar-refractivity contribution in [3.63, 3.8) is 0 Å². The molecule has 2 N–H and O–H groups in total. The lowest BCUT2D eigenvalue weighted by atomic mass is 10.1. The predicted molar refractivity (Wildman–Crippen MR) is 76.3 cm³/mol. The molecular weight excluding hydrogens is 268 g/mol. The van der Waals surface area contributed by atoms with E-state index in [2.05, 4.69) is 23.9 Å². The molecule has 0 spiro atoms. The van der Waals surface area contributed by atoms with Gasteiger partial charge in [0.15, 0.2) is 0 Å². The molecule has 4 nitrogen and oxygen atoms in total. The molecule has 1 aromatic heterocycles. The normalized spacial score (nSPS) is 12.2. The van der Waals surface area contributed by atoms with Gasteiger partial charge in [-0.05, 0) is 37.3 Å². The van der Waals surface area contributed by atoms with Gasteiger partial charge in [0.2, 0.25) is 10.0 Å². The first kappa shape index (κ1) is 15.6. The summed E-state index contributed by atoms with van der Waals surface area (Å²) in [6.45, 7) is 5.37. The molecular formula is C12H22N2O2S2. The molecule has 0 unspecified atom stereocenters. The average molecular weight is 290 g/mol. The van der Waals surface area contributed by atoms with Crippen molar-refractivity contribution < 1.29 is 8.42 Å². The van der Waals surface area contributed by atoms with Gasteiger partial charge in [-0.25, -0.2) is 13.1 Å². The van der Waals surface area contributed by atoms with Crippen LogP contribution in [0.25, 0.3) is 0 Å². The van der Waals surface area contributed by atoms with Gasteiger partial charge in [-0.2, -0.15) is 0 Å². The SMILES string of the molecule is CNCc1sccc1S(=O)(=O)NCCCC(C)C. The second-order valence-corrected chi connectivity index (χ2v) is 7.41. The molecule has 104 valence electrons. The number of sulfonamides is 1. The third-order valence-electron chi connectivity index (χ3n) is 2.58. The van der Waals surface area contributed by atoms with Crippen LogP contribution in [0.3, 0.4) is 0 Å². The van der Waals surface area contributed by atoms with Crippen molar-refractivity contribution >= 4 is 21.4 Å². The van der Waals surface area contributed by atoms with E-state index in [1.807, 2.05) is 12.4 Å². The van der Waals surface area contributed by atoms with Gasteiger partial charge in [0.25, 0.3) is 0 Å². The summed E-state index contributed by atoms with van der Waals surface area (Å²) < 4.78 is 26.9. The highest BCUT2D eigenvalue weighted by Gasteiger charge is 2.18. The lowest BCUT2D eigenvalue weighted by Gasteiger charge is -2.08. The van der Waals surface area contributed by atoms with Crippen LogP contribution in [0.1, 0.15) is 31.6 Å². The van der Waals surface area contributed by atoms with Crippen LogP contribution in [-0.4, -0.2) is 22.0 Å². The zero-order chi connectivity index (χ0) is 13.6. The van der Waals surface area contributed by atoms with E-state index in [9.17, 15) is 8.42 Å². The van der Waals surface area contributed by atoms with E-state index in [4.69, 9.17) is 0 Å². The maximum atomic E-state index is 12.1. The van der Waals surface area contributed by atoms with E-state index in [-0.39, 0.29) is 0 Å². The van der Waals surface area contributed by atoms with Crippen molar-refractivity contribution in [3.8, 4) is 0 Å². The van der Waals surface area contributed by atoms with Gasteiger partial charge in [0.05, 0.1) is 4.90 Å². The average Bonchev–Trinajstić information content (AvgIpc) is 2.74. The van der Waals surface area contributed by atoms with Crippen LogP contribution in [0.2, 0.25) is 0 Å². The molecule has 1 rings (SSSR count). The molecule has 0 fully saturated rings. The molecule has 0 aliphatic rings. The smallest absolute Gasteiger partial charge is 0.241 e. The van der Waals surface area contributed by atoms with Crippen molar-refractivity contribution in [2.45, 2.75) is 38.1 Å². The molecule has 6 heteroatoms. The van der Waals surface area contributed by atoms with Gasteiger partial charge >= 0.3 is 0 Å². The minimum Gasteiger partial charge on any atom is -0.315 e. The standard InChI is InChI=1S/C12H22N2O2S2/c1-10(2)5-4-7-14-18(15,16)12-6-8-17-11(12)9-13-3/h6,8,10,13-14H,4-5,7,9H2,1-3H3. The summed E-state index contributed by atoms with van der Waals surface area (Å²) >= 11 is 1.46. The van der Waals surface area contributed by atoms with Gasteiger partial charge in [-0.15, -0.1) is 11.3 Å². The van der Waals surface area contributed by atoms with E-state index >= 15 is 0 Å². The summed E-state index contributed by atoms with van der Waals surface area (Å²) in [5.41, 5.74) is 0. The fourth-order valence-corrected chi connectivity index (χ4v) is 4.18. The summed E-state index contributed by atoms with van der Waals surface area (Å²) in [6.07, 6.45) is 1.91. The van der Waals surface area contributed by atoms with E-state index in [1.165, 1.54) is 11.3 Å². The Hall–Kier alpha value is -0.430. The lowest BCUT2D eigenvalue weighted by Crippen LogP contribution is -2.26. The van der Waals surface area contributed by atoms with Crippen LogP contribution >= 0.6 is 11.3 Å². The third kappa shape index (κ3) is 4.68. The number of hydrogen-bond acceptors (Lipinski definition) is 4. The van der Waals surface area contributed by atoms with Gasteiger partial charge < -0.3 is 5.32 Å². The zero-order valence-electron chi connectivity index (χ0n) is 11.2. The Morgan fingerprint density at radius 1 is 1.39 bits per heavy atom. The molecule has 0 aliphatic carbocycles. The number of nitrogens with one attached hydrogen (secondary N) is 2. The summed E-state index contributed by atoms with van der Waals surface area (Å²) in [6, 6.07) is 1.67. The second kappa shape index (κ2) is 7.23. The minimum absolute atomic E-state index is 0.409. The highest BCUT2D eigenvalue weighted by molar-refractivity contribution is 7.89. The van der Waals surface area contributed by atoms with E-state index in [1.54, 1.807) is 6.07 Å². The molecule has 0 bridgehead atoms. The quantitative estimate of drug-likeness (QED) is 0.722. The maximum absolute atomic E-state index is 12.1. The van der Waals surface area contributed by atoms with Crippen molar-refractivity contribution in [2.75, 3.05) is 13.6 Å². The summed E-state index contributed by atoms with van der Waals surface area (Å²) in [5, 5.41) is 4.80. The number of hydrogen-bond donors (Lipinski definition) is 2. The van der Waals surface area contributed by atoms with Crippen LogP contribution in [0.15, 0.2) is 16.3 Å². The first-order valence-corrected chi connectivity index (χ1v) is 8.54. The molecule has 0 amide bonds. The Labute approximate surface area is 114 Å². The largest absolute Gasteiger partial charge is 0.315 e. The van der Waals surface area contributed by atoms with Crippen molar-refractivity contribution in [1.82, 2.24) is 10.0 Å². The Balaban J connectivity index is 2.60. The maximum Gasteiger partial charge on any atom is 0.241 e. The van der Waals surface area contributed by atoms with Gasteiger partial charge in [-0.3, -0.25) is 0 Å². The minimum atomic E-state index is -3.35. The molecule has 1 aromatic rings. The van der Waals surface area contributed by atoms with Crippen LogP contribution < -0.4 is 10.0 Å². The summed E-state index contributed by atoms with van der Waals surface area (Å²) in [7, 11) is -1.54. The molecule has 0 saturated carbocycles. The van der Waals surface area contributed by atoms with Gasteiger partial charge in [0.1, 0.15) is 0 Å². The van der Waals surface area contributed by atoms with E-state index < -0.39 is 10.0 Å². The summed E-state index contributed by atoms with van der Waals surface area (Å²) in [5.74, 6) is 0.607. The topological polar surface area (TPSA) is 58.2 Å². The molecule has 0 radical (unpaired) electrons. The molecule has 1 heterocycles. The zero-order valence-corrected chi connectivity index (χ0v) is 12.8. The predicted octanol–water partition coefficient (Wildman–Crippen LogP) is 2.18. The summed E-state index contributed by atoms with van der Waals surface area (Å²) in [4.78, 5) is 1.26. The lowest BCUT2D eigenvalue weighted by molar-refractivity contribution is 0.539. The monoisotopic (exact) mass is 290 g/mol. The van der Waals surface area contributed by atoms with Gasteiger partial charge in [0, 0.05) is 18.0 Å². The fraction of sp³-hybridized carbons (Fsp3) is 0.667. The van der Waals surface area contributed by atoms with E-state index in [0.717, 1.165) is 17.7 Å². The molecule has 0 saturated heterocycles. The highest BCUT2D eigenvalue weighted by atomic mass is 32.2. The Bertz CT molecular complexity index is 452. The highest BCUT2D eigenvalue weighted by Crippen LogP contribution is 2.21. The number of rotatable bonds is 8. The van der Waals surface area contributed by atoms with E-state index in [0.29, 0.717) is 23.9 Å². The second-order valence-electron chi connectivity index (χ2n) is 4.67. The van der Waals surface area contributed by atoms with Crippen LogP contribution in [-0.2, 0) is 16.6 Å². The Kier molecular flexibility index (Phi) is 6.28. The fourth-order valence-electron chi connectivity index (χ4n) is 1.65. The Morgan fingerprint density at radius 3 is 2.72 bits per heavy atom.